The Balaban J connectivity index is 1.17. The first-order valence-electron chi connectivity index (χ1n) is 14.8. The van der Waals surface area contributed by atoms with E-state index < -0.39 is 0 Å². The van der Waals surface area contributed by atoms with Crippen molar-refractivity contribution in [3.05, 3.63) is 168 Å². The summed E-state index contributed by atoms with van der Waals surface area (Å²) in [6.07, 6.45) is 4.42. The monoisotopic (exact) mass is 561 g/mol. The van der Waals surface area contributed by atoms with Gasteiger partial charge >= 0.3 is 0 Å². The van der Waals surface area contributed by atoms with Gasteiger partial charge in [0.15, 0.2) is 0 Å². The molecule has 3 nitrogen and oxygen atoms in total. The number of aromatic nitrogens is 1. The fourth-order valence-electron chi connectivity index (χ4n) is 6.34. The average Bonchev–Trinajstić information content (AvgIpc) is 3.44. The van der Waals surface area contributed by atoms with Gasteiger partial charge in [0.1, 0.15) is 0 Å². The number of nitrogens with zero attached hydrogens (tertiary/aromatic N) is 3. The number of para-hydroxylation sites is 2. The smallest absolute Gasteiger partial charge is 0.0991 e. The van der Waals surface area contributed by atoms with E-state index in [2.05, 4.69) is 137 Å². The minimum atomic E-state index is 0.648. The maximum atomic E-state index is 9.27. The second kappa shape index (κ2) is 10.6. The molecule has 0 bridgehead atoms. The summed E-state index contributed by atoms with van der Waals surface area (Å²) in [6, 6.07) is 55.0. The molecule has 44 heavy (non-hydrogen) atoms. The molecule has 0 aliphatic carbocycles. The summed E-state index contributed by atoms with van der Waals surface area (Å²) in [7, 11) is 0. The van der Waals surface area contributed by atoms with Crippen LogP contribution in [-0.4, -0.2) is 4.57 Å². The van der Waals surface area contributed by atoms with Gasteiger partial charge in [-0.3, -0.25) is 0 Å². The Bertz CT molecular complexity index is 2310. The Morgan fingerprint density at radius 3 is 1.91 bits per heavy atom. The zero-order valence-electron chi connectivity index (χ0n) is 23.9. The molecule has 1 aromatic heterocycles. The summed E-state index contributed by atoms with van der Waals surface area (Å²) < 4.78 is 2.38. The molecule has 0 unspecified atom stereocenters. The highest BCUT2D eigenvalue weighted by Crippen LogP contribution is 2.40. The van der Waals surface area contributed by atoms with Crippen LogP contribution in [0.1, 0.15) is 16.7 Å². The Kier molecular flexibility index (Phi) is 6.18. The summed E-state index contributed by atoms with van der Waals surface area (Å²) in [5.41, 5.74) is 9.73. The van der Waals surface area contributed by atoms with Crippen LogP contribution in [0, 0.1) is 11.3 Å². The van der Waals surface area contributed by atoms with Gasteiger partial charge in [-0.05, 0) is 94.7 Å². The van der Waals surface area contributed by atoms with Crippen molar-refractivity contribution in [3.63, 3.8) is 0 Å². The van der Waals surface area contributed by atoms with Crippen LogP contribution in [0.4, 0.5) is 17.1 Å². The Morgan fingerprint density at radius 2 is 1.18 bits per heavy atom. The van der Waals surface area contributed by atoms with E-state index in [1.54, 1.807) is 0 Å². The number of hydrogen-bond acceptors (Lipinski definition) is 2. The van der Waals surface area contributed by atoms with Crippen LogP contribution in [0.5, 0.6) is 0 Å². The first-order valence-corrected chi connectivity index (χ1v) is 14.8. The molecule has 8 aromatic rings. The first-order chi connectivity index (χ1) is 21.8. The largest absolute Gasteiger partial charge is 0.311 e. The molecule has 8 rings (SSSR count). The standard InChI is InChI=1S/C41H27N3/c42-28-30-17-24-36(25-18-30)43(33-9-3-1-4-10-33)35-22-15-29(16-23-35)14-19-31-21-27-39-41-37(31)26-20-32-8-7-13-38(40(32)41)44(39)34-11-5-2-6-12-34/h1-27H/b19-14+. The molecule has 3 heteroatoms. The lowest BCUT2D eigenvalue weighted by Gasteiger charge is -2.25. The molecule has 0 saturated carbocycles. The molecule has 0 fully saturated rings. The minimum absolute atomic E-state index is 0.648. The van der Waals surface area contributed by atoms with E-state index in [0.29, 0.717) is 5.56 Å². The lowest BCUT2D eigenvalue weighted by atomic mass is 9.98. The van der Waals surface area contributed by atoms with Crippen molar-refractivity contribution in [2.75, 3.05) is 4.90 Å². The first kappa shape index (κ1) is 25.6. The molecular weight excluding hydrogens is 534 g/mol. The molecule has 0 spiro atoms. The molecule has 1 heterocycles. The third kappa shape index (κ3) is 4.29. The normalized spacial score (nSPS) is 11.5. The van der Waals surface area contributed by atoms with Crippen molar-refractivity contribution in [2.45, 2.75) is 0 Å². The molecule has 0 saturated heterocycles. The van der Waals surface area contributed by atoms with Crippen molar-refractivity contribution >= 4 is 61.8 Å². The lowest BCUT2D eigenvalue weighted by molar-refractivity contribution is 1.18. The van der Waals surface area contributed by atoms with Crippen molar-refractivity contribution in [1.29, 1.82) is 5.26 Å². The highest BCUT2D eigenvalue weighted by atomic mass is 15.1. The molecular formula is C41H27N3. The van der Waals surface area contributed by atoms with Crippen LogP contribution in [0.3, 0.4) is 0 Å². The highest BCUT2D eigenvalue weighted by molar-refractivity contribution is 6.25. The molecule has 7 aromatic carbocycles. The maximum absolute atomic E-state index is 9.27. The summed E-state index contributed by atoms with van der Waals surface area (Å²) in [6.45, 7) is 0. The Morgan fingerprint density at radius 1 is 0.523 bits per heavy atom. The van der Waals surface area contributed by atoms with Gasteiger partial charge in [0.05, 0.1) is 22.7 Å². The van der Waals surface area contributed by atoms with E-state index in [9.17, 15) is 5.26 Å². The van der Waals surface area contributed by atoms with Crippen molar-refractivity contribution < 1.29 is 0 Å². The minimum Gasteiger partial charge on any atom is -0.311 e. The summed E-state index contributed by atoms with van der Waals surface area (Å²) in [4.78, 5) is 2.21. The summed E-state index contributed by atoms with van der Waals surface area (Å²) in [5, 5.41) is 14.4. The van der Waals surface area contributed by atoms with E-state index in [1.807, 2.05) is 42.5 Å². The number of hydrogen-bond donors (Lipinski definition) is 0. The van der Waals surface area contributed by atoms with Crippen LogP contribution in [0.2, 0.25) is 0 Å². The van der Waals surface area contributed by atoms with Crippen LogP contribution in [0.15, 0.2) is 152 Å². The van der Waals surface area contributed by atoms with Crippen molar-refractivity contribution in [1.82, 2.24) is 4.57 Å². The van der Waals surface area contributed by atoms with Gasteiger partial charge < -0.3 is 9.47 Å². The van der Waals surface area contributed by atoms with Gasteiger partial charge in [0.25, 0.3) is 0 Å². The van der Waals surface area contributed by atoms with Gasteiger partial charge in [-0.15, -0.1) is 0 Å². The van der Waals surface area contributed by atoms with Gasteiger partial charge in [-0.2, -0.15) is 5.26 Å². The summed E-state index contributed by atoms with van der Waals surface area (Å²) >= 11 is 0. The molecule has 0 aliphatic heterocycles. The molecule has 0 atom stereocenters. The highest BCUT2D eigenvalue weighted by Gasteiger charge is 2.17. The predicted octanol–water partition coefficient (Wildman–Crippen LogP) is 10.9. The number of rotatable bonds is 6. The third-order valence-corrected chi connectivity index (χ3v) is 8.38. The van der Waals surface area contributed by atoms with E-state index in [1.165, 1.54) is 43.8 Å². The topological polar surface area (TPSA) is 32.0 Å². The van der Waals surface area contributed by atoms with E-state index in [4.69, 9.17) is 0 Å². The fraction of sp³-hybridized carbons (Fsp3) is 0. The van der Waals surface area contributed by atoms with Crippen LogP contribution >= 0.6 is 0 Å². The second-order valence-electron chi connectivity index (χ2n) is 11.0. The zero-order chi connectivity index (χ0) is 29.5. The molecule has 0 N–H and O–H groups in total. The number of benzene rings is 7. The van der Waals surface area contributed by atoms with Gasteiger partial charge in [-0.25, -0.2) is 0 Å². The predicted molar refractivity (Wildman–Crippen MR) is 184 cm³/mol. The van der Waals surface area contributed by atoms with Crippen LogP contribution < -0.4 is 4.90 Å². The Hall–Kier alpha value is -6.11. The van der Waals surface area contributed by atoms with Crippen LogP contribution in [-0.2, 0) is 0 Å². The third-order valence-electron chi connectivity index (χ3n) is 8.38. The van der Waals surface area contributed by atoms with Crippen molar-refractivity contribution in [3.8, 4) is 11.8 Å². The quantitative estimate of drug-likeness (QED) is 0.149. The number of nitriles is 1. The molecule has 0 aliphatic rings. The second-order valence-corrected chi connectivity index (χ2v) is 11.0. The molecule has 0 amide bonds. The van der Waals surface area contributed by atoms with E-state index in [0.717, 1.165) is 22.6 Å². The Labute approximate surface area is 256 Å². The molecule has 0 radical (unpaired) electrons. The van der Waals surface area contributed by atoms with E-state index in [-0.39, 0.29) is 0 Å². The van der Waals surface area contributed by atoms with Crippen molar-refractivity contribution in [2.24, 2.45) is 0 Å². The summed E-state index contributed by atoms with van der Waals surface area (Å²) in [5.74, 6) is 0. The van der Waals surface area contributed by atoms with Gasteiger partial charge in [-0.1, -0.05) is 91.0 Å². The van der Waals surface area contributed by atoms with Gasteiger partial charge in [0, 0.05) is 33.5 Å². The van der Waals surface area contributed by atoms with Crippen LogP contribution in [0.25, 0.3) is 50.4 Å². The SMILES string of the molecule is N#Cc1ccc(N(c2ccccc2)c2ccc(/C=C/c3ccc4c5c3ccc3cccc(c35)n4-c3ccccc3)cc2)cc1. The maximum Gasteiger partial charge on any atom is 0.0991 e. The average molecular weight is 562 g/mol. The molecule has 206 valence electrons. The van der Waals surface area contributed by atoms with E-state index >= 15 is 0 Å². The van der Waals surface area contributed by atoms with Gasteiger partial charge in [0.2, 0.25) is 0 Å². The zero-order valence-corrected chi connectivity index (χ0v) is 23.9. The fourth-order valence-corrected chi connectivity index (χ4v) is 6.34. The lowest BCUT2D eigenvalue weighted by Crippen LogP contribution is -2.09. The number of anilines is 3.